The summed E-state index contributed by atoms with van der Waals surface area (Å²) in [5, 5.41) is 11.9. The first kappa shape index (κ1) is 16.1. The number of aryl methyl sites for hydroxylation is 2. The van der Waals surface area contributed by atoms with Gasteiger partial charge in [-0.3, -0.25) is 5.11 Å². The molecule has 1 aromatic rings. The first-order valence-corrected chi connectivity index (χ1v) is 8.04. The Morgan fingerprint density at radius 2 is 1.16 bits per heavy atom. The Bertz CT molecular complexity index is 339. The van der Waals surface area contributed by atoms with Gasteiger partial charge in [0.15, 0.2) is 5.75 Å². The Morgan fingerprint density at radius 3 is 1.58 bits per heavy atom. The second kappa shape index (κ2) is 9.01. The van der Waals surface area contributed by atoms with Gasteiger partial charge < -0.3 is 0 Å². The number of rotatable bonds is 9. The van der Waals surface area contributed by atoms with Gasteiger partial charge in [0.05, 0.1) is 0 Å². The average Bonchev–Trinajstić information content (AvgIpc) is 2.41. The zero-order chi connectivity index (χ0) is 14.1. The molecule has 1 radical (unpaired) electrons. The van der Waals surface area contributed by atoms with E-state index in [-0.39, 0.29) is 5.75 Å². The van der Waals surface area contributed by atoms with Crippen molar-refractivity contribution in [2.45, 2.75) is 78.6 Å². The lowest BCUT2D eigenvalue weighted by molar-refractivity contribution is 0.353. The van der Waals surface area contributed by atoms with Gasteiger partial charge in [-0.05, 0) is 67.3 Å². The van der Waals surface area contributed by atoms with Crippen LogP contribution in [0.25, 0.3) is 0 Å². The third-order valence-corrected chi connectivity index (χ3v) is 3.79. The van der Waals surface area contributed by atoms with Gasteiger partial charge in [-0.2, -0.15) is 0 Å². The molecule has 0 fully saturated rings. The van der Waals surface area contributed by atoms with E-state index in [4.69, 9.17) is 0 Å². The summed E-state index contributed by atoms with van der Waals surface area (Å²) >= 11 is 0. The maximum absolute atomic E-state index is 11.9. The summed E-state index contributed by atoms with van der Waals surface area (Å²) in [7, 11) is 0. The number of unbranched alkanes of at least 4 members (excludes halogenated alkanes) is 3. The fourth-order valence-corrected chi connectivity index (χ4v) is 2.62. The van der Waals surface area contributed by atoms with Crippen molar-refractivity contribution >= 4 is 0 Å². The molecular weight excluding hydrogens is 232 g/mol. The van der Waals surface area contributed by atoms with Crippen LogP contribution in [0.4, 0.5) is 0 Å². The molecule has 0 N–H and O–H groups in total. The van der Waals surface area contributed by atoms with E-state index in [2.05, 4.69) is 20.8 Å². The molecule has 0 aromatic heterocycles. The molecule has 1 aromatic carbocycles. The SMILES string of the molecule is CCCCc1cc([O])cc(CCCC)c1CCCC. The van der Waals surface area contributed by atoms with E-state index in [1.54, 1.807) is 0 Å². The zero-order valence-corrected chi connectivity index (χ0v) is 12.9. The van der Waals surface area contributed by atoms with Crippen molar-refractivity contribution in [3.63, 3.8) is 0 Å². The molecule has 0 unspecified atom stereocenters. The molecule has 0 aliphatic rings. The Kier molecular flexibility index (Phi) is 7.62. The van der Waals surface area contributed by atoms with Gasteiger partial charge in [0.25, 0.3) is 0 Å². The molecule has 1 rings (SSSR count). The van der Waals surface area contributed by atoms with E-state index >= 15 is 0 Å². The van der Waals surface area contributed by atoms with E-state index in [1.165, 1.54) is 55.2 Å². The molecule has 1 nitrogen and oxygen atoms in total. The molecule has 0 saturated carbocycles. The molecule has 1 heteroatoms. The minimum absolute atomic E-state index is 0.206. The molecule has 0 saturated heterocycles. The Morgan fingerprint density at radius 1 is 0.737 bits per heavy atom. The van der Waals surface area contributed by atoms with Gasteiger partial charge in [-0.25, -0.2) is 0 Å². The van der Waals surface area contributed by atoms with Crippen molar-refractivity contribution in [3.05, 3.63) is 28.8 Å². The monoisotopic (exact) mass is 261 g/mol. The molecule has 0 aliphatic heterocycles. The van der Waals surface area contributed by atoms with E-state index in [9.17, 15) is 5.11 Å². The highest BCUT2D eigenvalue weighted by atomic mass is 16.3. The summed E-state index contributed by atoms with van der Waals surface area (Å²) in [5.74, 6) is 0.206. The summed E-state index contributed by atoms with van der Waals surface area (Å²) in [6.45, 7) is 6.66. The maximum atomic E-state index is 11.9. The smallest absolute Gasteiger partial charge is 0.179 e. The minimum Gasteiger partial charge on any atom is -0.290 e. The van der Waals surface area contributed by atoms with Crippen LogP contribution >= 0.6 is 0 Å². The lowest BCUT2D eigenvalue weighted by Gasteiger charge is -2.15. The molecule has 0 atom stereocenters. The summed E-state index contributed by atoms with van der Waals surface area (Å²) in [6, 6.07) is 3.77. The van der Waals surface area contributed by atoms with Crippen LogP contribution in [0.2, 0.25) is 0 Å². The van der Waals surface area contributed by atoms with Crippen LogP contribution in [-0.2, 0) is 24.4 Å². The van der Waals surface area contributed by atoms with E-state index in [0.717, 1.165) is 19.3 Å². The fraction of sp³-hybridized carbons (Fsp3) is 0.667. The standard InChI is InChI=1S/C18H29O/c1-4-7-10-15-13-17(19)14-16(11-8-5-2)18(15)12-9-6-3/h13-14H,4-12H2,1-3H3. The van der Waals surface area contributed by atoms with Gasteiger partial charge >= 0.3 is 0 Å². The van der Waals surface area contributed by atoms with Gasteiger partial charge in [0.2, 0.25) is 0 Å². The maximum Gasteiger partial charge on any atom is 0.179 e. The highest BCUT2D eigenvalue weighted by Crippen LogP contribution is 2.27. The molecule has 0 bridgehead atoms. The Labute approximate surface area is 119 Å². The van der Waals surface area contributed by atoms with Crippen molar-refractivity contribution in [2.24, 2.45) is 0 Å². The van der Waals surface area contributed by atoms with Crippen LogP contribution in [0, 0.1) is 0 Å². The zero-order valence-electron chi connectivity index (χ0n) is 12.9. The van der Waals surface area contributed by atoms with Crippen LogP contribution in [-0.4, -0.2) is 0 Å². The van der Waals surface area contributed by atoms with Gasteiger partial charge in [0.1, 0.15) is 0 Å². The van der Waals surface area contributed by atoms with Crippen molar-refractivity contribution in [3.8, 4) is 5.75 Å². The number of hydrogen-bond acceptors (Lipinski definition) is 0. The quantitative estimate of drug-likeness (QED) is 0.530. The van der Waals surface area contributed by atoms with Gasteiger partial charge in [-0.15, -0.1) is 0 Å². The van der Waals surface area contributed by atoms with Crippen molar-refractivity contribution < 1.29 is 5.11 Å². The van der Waals surface area contributed by atoms with Crippen LogP contribution in [0.15, 0.2) is 12.1 Å². The average molecular weight is 261 g/mol. The van der Waals surface area contributed by atoms with Crippen molar-refractivity contribution in [1.29, 1.82) is 0 Å². The van der Waals surface area contributed by atoms with E-state index in [0.29, 0.717) is 0 Å². The molecule has 107 valence electrons. The molecule has 0 heterocycles. The van der Waals surface area contributed by atoms with Crippen LogP contribution in [0.3, 0.4) is 0 Å². The predicted molar refractivity (Wildman–Crippen MR) is 82.4 cm³/mol. The highest BCUT2D eigenvalue weighted by molar-refractivity contribution is 5.42. The minimum atomic E-state index is 0.206. The molecule has 0 aliphatic carbocycles. The third kappa shape index (κ3) is 5.26. The second-order valence-electron chi connectivity index (χ2n) is 5.53. The van der Waals surface area contributed by atoms with Crippen molar-refractivity contribution in [1.82, 2.24) is 0 Å². The second-order valence-corrected chi connectivity index (χ2v) is 5.53. The topological polar surface area (TPSA) is 19.9 Å². The molecular formula is C18H29O. The third-order valence-electron chi connectivity index (χ3n) is 3.79. The first-order valence-electron chi connectivity index (χ1n) is 8.04. The van der Waals surface area contributed by atoms with Crippen LogP contribution in [0.5, 0.6) is 5.75 Å². The van der Waals surface area contributed by atoms with E-state index in [1.807, 2.05) is 12.1 Å². The highest BCUT2D eigenvalue weighted by Gasteiger charge is 2.11. The normalized spacial score (nSPS) is 10.9. The largest absolute Gasteiger partial charge is 0.290 e. The summed E-state index contributed by atoms with van der Waals surface area (Å²) in [6.07, 6.45) is 10.5. The van der Waals surface area contributed by atoms with Gasteiger partial charge in [0, 0.05) is 0 Å². The lowest BCUT2D eigenvalue weighted by atomic mass is 9.90. The predicted octanol–water partition coefficient (Wildman–Crippen LogP) is 5.86. The molecule has 0 amide bonds. The molecule has 19 heavy (non-hydrogen) atoms. The van der Waals surface area contributed by atoms with E-state index < -0.39 is 0 Å². The fourth-order valence-electron chi connectivity index (χ4n) is 2.62. The number of hydrogen-bond donors (Lipinski definition) is 0. The van der Waals surface area contributed by atoms with Crippen LogP contribution in [0.1, 0.15) is 76.0 Å². The Balaban J connectivity index is 2.99. The number of benzene rings is 1. The Hall–Kier alpha value is -0.980. The van der Waals surface area contributed by atoms with Gasteiger partial charge in [-0.1, -0.05) is 40.0 Å². The first-order chi connectivity index (χ1) is 9.22. The van der Waals surface area contributed by atoms with Crippen molar-refractivity contribution in [2.75, 3.05) is 0 Å². The summed E-state index contributed by atoms with van der Waals surface area (Å²) in [5.41, 5.74) is 4.14. The molecule has 0 spiro atoms. The lowest BCUT2D eigenvalue weighted by Crippen LogP contribution is -2.01. The summed E-state index contributed by atoms with van der Waals surface area (Å²) in [4.78, 5) is 0. The summed E-state index contributed by atoms with van der Waals surface area (Å²) < 4.78 is 0. The van der Waals surface area contributed by atoms with Crippen LogP contribution < -0.4 is 0 Å².